The fourth-order valence-corrected chi connectivity index (χ4v) is 3.69. The third-order valence-electron chi connectivity index (χ3n) is 5.29. The first-order chi connectivity index (χ1) is 15.2. The monoisotopic (exact) mass is 446 g/mol. The van der Waals surface area contributed by atoms with Crippen LogP contribution in [0.2, 0.25) is 0 Å². The minimum atomic E-state index is -0.523. The van der Waals surface area contributed by atoms with E-state index in [2.05, 4.69) is 0 Å². The third-order valence-corrected chi connectivity index (χ3v) is 5.29. The van der Waals surface area contributed by atoms with Crippen molar-refractivity contribution in [3.63, 3.8) is 0 Å². The van der Waals surface area contributed by atoms with E-state index in [1.54, 1.807) is 32.4 Å². The molecule has 8 heteroatoms. The van der Waals surface area contributed by atoms with Crippen molar-refractivity contribution in [1.82, 2.24) is 9.47 Å². The van der Waals surface area contributed by atoms with E-state index >= 15 is 0 Å². The lowest BCUT2D eigenvalue weighted by atomic mass is 10.0. The summed E-state index contributed by atoms with van der Waals surface area (Å²) in [5.74, 6) is -1.76. The first-order valence-electron chi connectivity index (χ1n) is 10.7. The van der Waals surface area contributed by atoms with Crippen LogP contribution in [-0.4, -0.2) is 60.0 Å². The van der Waals surface area contributed by atoms with Crippen molar-refractivity contribution in [3.8, 4) is 0 Å². The predicted molar refractivity (Wildman–Crippen MR) is 119 cm³/mol. The number of rotatable bonds is 11. The first-order valence-corrected chi connectivity index (χ1v) is 10.7. The van der Waals surface area contributed by atoms with Crippen LogP contribution in [0.5, 0.6) is 0 Å². The minimum absolute atomic E-state index is 0.169. The second-order valence-corrected chi connectivity index (χ2v) is 7.42. The number of hydrogen-bond acceptors (Lipinski definition) is 5. The van der Waals surface area contributed by atoms with Crippen LogP contribution in [0.1, 0.15) is 62.7 Å². The Morgan fingerprint density at radius 2 is 1.84 bits per heavy atom. The number of benzene rings is 1. The van der Waals surface area contributed by atoms with Crippen molar-refractivity contribution in [2.45, 2.75) is 34.1 Å². The zero-order chi connectivity index (χ0) is 23.8. The van der Waals surface area contributed by atoms with Crippen molar-refractivity contribution in [1.29, 1.82) is 0 Å². The van der Waals surface area contributed by atoms with Gasteiger partial charge in [-0.25, -0.2) is 9.18 Å². The Bertz CT molecular complexity index is 983. The molecule has 0 aliphatic rings. The highest BCUT2D eigenvalue weighted by atomic mass is 19.1. The van der Waals surface area contributed by atoms with Gasteiger partial charge in [-0.05, 0) is 57.9 Å². The smallest absolute Gasteiger partial charge is 0.355 e. The summed E-state index contributed by atoms with van der Waals surface area (Å²) < 4.78 is 25.8. The van der Waals surface area contributed by atoms with Gasteiger partial charge in [0.1, 0.15) is 11.5 Å². The van der Waals surface area contributed by atoms with Gasteiger partial charge in [-0.1, -0.05) is 6.07 Å². The molecule has 7 nitrogen and oxygen atoms in total. The van der Waals surface area contributed by atoms with Crippen molar-refractivity contribution in [2.75, 3.05) is 32.9 Å². The Labute approximate surface area is 188 Å². The number of carbonyl (C=O) groups excluding carboxylic acids is 3. The van der Waals surface area contributed by atoms with E-state index in [9.17, 15) is 18.8 Å². The van der Waals surface area contributed by atoms with Crippen molar-refractivity contribution >= 4 is 17.7 Å². The average Bonchev–Trinajstić information content (AvgIpc) is 2.98. The van der Waals surface area contributed by atoms with Gasteiger partial charge in [0.05, 0.1) is 13.2 Å². The Morgan fingerprint density at radius 1 is 1.12 bits per heavy atom. The third kappa shape index (κ3) is 5.82. The molecule has 0 N–H and O–H groups in total. The number of hydrogen-bond donors (Lipinski definition) is 0. The van der Waals surface area contributed by atoms with Crippen molar-refractivity contribution < 1.29 is 28.2 Å². The number of Topliss-reactive ketones (excluding diaryl/α,β-unsaturated/α-hetero) is 1. The second kappa shape index (κ2) is 11.6. The molecule has 0 atom stereocenters. The van der Waals surface area contributed by atoms with Gasteiger partial charge < -0.3 is 18.9 Å². The lowest BCUT2D eigenvalue weighted by Gasteiger charge is -2.22. The Hall–Kier alpha value is -3.00. The van der Waals surface area contributed by atoms with Crippen LogP contribution >= 0.6 is 0 Å². The van der Waals surface area contributed by atoms with Crippen LogP contribution in [0.4, 0.5) is 4.39 Å². The summed E-state index contributed by atoms with van der Waals surface area (Å²) in [4.78, 5) is 40.1. The fraction of sp³-hybridized carbons (Fsp3) is 0.458. The molecule has 0 saturated carbocycles. The summed E-state index contributed by atoms with van der Waals surface area (Å²) in [6, 6.07) is 5.39. The van der Waals surface area contributed by atoms with Gasteiger partial charge in [0, 0.05) is 43.6 Å². The molecule has 1 amide bonds. The number of ether oxygens (including phenoxy) is 2. The molecule has 0 saturated heterocycles. The van der Waals surface area contributed by atoms with Gasteiger partial charge in [-0.2, -0.15) is 0 Å². The van der Waals surface area contributed by atoms with E-state index in [0.717, 1.165) is 6.07 Å². The van der Waals surface area contributed by atoms with E-state index in [1.807, 2.05) is 6.92 Å². The number of carbonyl (C=O) groups is 3. The molecule has 0 bridgehead atoms. The lowest BCUT2D eigenvalue weighted by molar-refractivity contribution is 0.0513. The Balaban J connectivity index is 2.32. The number of nitrogens with zero attached hydrogens (tertiary/aromatic N) is 2. The minimum Gasteiger partial charge on any atom is -0.461 e. The van der Waals surface area contributed by atoms with Crippen molar-refractivity contribution in [3.05, 3.63) is 58.2 Å². The maximum Gasteiger partial charge on any atom is 0.355 e. The normalized spacial score (nSPS) is 10.8. The second-order valence-electron chi connectivity index (χ2n) is 7.42. The Morgan fingerprint density at radius 3 is 2.47 bits per heavy atom. The molecule has 1 aromatic heterocycles. The molecule has 1 aromatic carbocycles. The summed E-state index contributed by atoms with van der Waals surface area (Å²) in [7, 11) is 1.70. The molecular formula is C24H31FN2O5. The standard InChI is InChI=1S/C24H31FN2O5/c1-6-31-13-9-12-27(23(29)18-10-8-11-19(25)14-18)15-20(28)21-16(3)22(24(30)32-7-2)26(5)17(21)4/h8,10-11,14H,6-7,9,12-13,15H2,1-5H3. The largest absolute Gasteiger partial charge is 0.461 e. The Kier molecular flexibility index (Phi) is 9.13. The highest BCUT2D eigenvalue weighted by Crippen LogP contribution is 2.23. The van der Waals surface area contributed by atoms with Gasteiger partial charge in [0.15, 0.2) is 5.78 Å². The molecule has 0 spiro atoms. The molecular weight excluding hydrogens is 415 g/mol. The van der Waals surface area contributed by atoms with E-state index in [-0.39, 0.29) is 31.0 Å². The average molecular weight is 447 g/mol. The lowest BCUT2D eigenvalue weighted by Crippen LogP contribution is -2.37. The number of aromatic nitrogens is 1. The molecule has 1 heterocycles. The number of halogens is 1. The van der Waals surface area contributed by atoms with Gasteiger partial charge >= 0.3 is 5.97 Å². The van der Waals surface area contributed by atoms with Gasteiger partial charge in [-0.15, -0.1) is 0 Å². The van der Waals surface area contributed by atoms with Crippen LogP contribution < -0.4 is 0 Å². The fourth-order valence-electron chi connectivity index (χ4n) is 3.69. The van der Waals surface area contributed by atoms with Gasteiger partial charge in [0.25, 0.3) is 5.91 Å². The molecule has 0 aliphatic heterocycles. The maximum atomic E-state index is 13.7. The van der Waals surface area contributed by atoms with E-state index in [1.165, 1.54) is 23.1 Å². The highest BCUT2D eigenvalue weighted by Gasteiger charge is 2.28. The zero-order valence-electron chi connectivity index (χ0n) is 19.4. The summed E-state index contributed by atoms with van der Waals surface area (Å²) in [5.41, 5.74) is 2.00. The maximum absolute atomic E-state index is 13.7. The summed E-state index contributed by atoms with van der Waals surface area (Å²) in [6.45, 7) is 8.32. The van der Waals surface area contributed by atoms with Crippen molar-refractivity contribution in [2.24, 2.45) is 7.05 Å². The van der Waals surface area contributed by atoms with Crippen LogP contribution in [0.3, 0.4) is 0 Å². The highest BCUT2D eigenvalue weighted by molar-refractivity contribution is 6.06. The first kappa shape index (κ1) is 25.3. The molecule has 0 aliphatic carbocycles. The summed E-state index contributed by atoms with van der Waals surface area (Å²) in [6.07, 6.45) is 0.531. The zero-order valence-corrected chi connectivity index (χ0v) is 19.4. The molecule has 174 valence electrons. The molecule has 2 aromatic rings. The van der Waals surface area contributed by atoms with Crippen LogP contribution in [0, 0.1) is 19.7 Å². The molecule has 0 unspecified atom stereocenters. The molecule has 0 fully saturated rings. The van der Waals surface area contributed by atoms with Gasteiger partial charge in [0.2, 0.25) is 0 Å². The number of amides is 1. The van der Waals surface area contributed by atoms with E-state index in [4.69, 9.17) is 9.47 Å². The molecule has 0 radical (unpaired) electrons. The molecule has 2 rings (SSSR count). The number of ketones is 1. The number of esters is 1. The van der Waals surface area contributed by atoms with Crippen LogP contribution in [0.15, 0.2) is 24.3 Å². The van der Waals surface area contributed by atoms with E-state index < -0.39 is 17.7 Å². The van der Waals surface area contributed by atoms with E-state index in [0.29, 0.717) is 42.1 Å². The predicted octanol–water partition coefficient (Wildman–Crippen LogP) is 3.71. The quantitative estimate of drug-likeness (QED) is 0.299. The summed E-state index contributed by atoms with van der Waals surface area (Å²) in [5, 5.41) is 0. The van der Waals surface area contributed by atoms with Gasteiger partial charge in [-0.3, -0.25) is 9.59 Å². The van der Waals surface area contributed by atoms with Crippen LogP contribution in [0.25, 0.3) is 0 Å². The topological polar surface area (TPSA) is 77.8 Å². The molecule has 32 heavy (non-hydrogen) atoms. The van der Waals surface area contributed by atoms with Crippen LogP contribution in [-0.2, 0) is 16.5 Å². The SMILES string of the molecule is CCOCCCN(CC(=O)c1c(C)c(C(=O)OCC)n(C)c1C)C(=O)c1cccc(F)c1. The summed E-state index contributed by atoms with van der Waals surface area (Å²) >= 11 is 0.